The van der Waals surface area contributed by atoms with Crippen molar-refractivity contribution < 1.29 is 4.79 Å². The fourth-order valence-electron chi connectivity index (χ4n) is 3.70. The largest absolute Gasteiger partial charge is 0.353 e. The molecule has 0 radical (unpaired) electrons. The van der Waals surface area contributed by atoms with Gasteiger partial charge in [-0.25, -0.2) is 14.6 Å². The summed E-state index contributed by atoms with van der Waals surface area (Å²) in [7, 11) is 0. The lowest BCUT2D eigenvalue weighted by Gasteiger charge is -2.20. The molecule has 1 amide bonds. The fraction of sp³-hybridized carbons (Fsp3) is 0.429. The number of para-hydroxylation sites is 1. The van der Waals surface area contributed by atoms with Crippen molar-refractivity contribution >= 4 is 28.7 Å². The van der Waals surface area contributed by atoms with Crippen molar-refractivity contribution in [1.29, 1.82) is 0 Å². The maximum absolute atomic E-state index is 12.4. The number of hydrogen-bond donors (Lipinski definition) is 1. The van der Waals surface area contributed by atoms with Gasteiger partial charge in [-0.05, 0) is 25.0 Å². The van der Waals surface area contributed by atoms with Crippen LogP contribution < -0.4 is 5.32 Å². The Bertz CT molecular complexity index is 919. The van der Waals surface area contributed by atoms with Gasteiger partial charge in [0.15, 0.2) is 5.65 Å². The van der Waals surface area contributed by atoms with E-state index in [9.17, 15) is 4.79 Å². The Morgan fingerprint density at radius 2 is 1.82 bits per heavy atom. The molecule has 4 rings (SSSR count). The van der Waals surface area contributed by atoms with Crippen LogP contribution in [0.2, 0.25) is 0 Å². The van der Waals surface area contributed by atoms with Crippen LogP contribution >= 0.6 is 11.8 Å². The minimum absolute atomic E-state index is 0.0813. The zero-order chi connectivity index (χ0) is 19.2. The Hall–Kier alpha value is -2.41. The molecule has 2 aromatic heterocycles. The first-order valence-corrected chi connectivity index (χ1v) is 11.0. The highest BCUT2D eigenvalue weighted by molar-refractivity contribution is 8.00. The number of aromatic nitrogens is 4. The SMILES string of the molecule is O=C(CSc1ncnc2c1cnn2-c1ccccc1)NC1CCCCCCC1. The first-order valence-electron chi connectivity index (χ1n) is 9.97. The second-order valence-corrected chi connectivity index (χ2v) is 8.17. The van der Waals surface area contributed by atoms with Gasteiger partial charge in [-0.1, -0.05) is 62.1 Å². The molecule has 0 bridgehead atoms. The topological polar surface area (TPSA) is 72.7 Å². The quantitative estimate of drug-likeness (QED) is 0.519. The summed E-state index contributed by atoms with van der Waals surface area (Å²) >= 11 is 1.45. The summed E-state index contributed by atoms with van der Waals surface area (Å²) < 4.78 is 1.80. The molecule has 1 N–H and O–H groups in total. The maximum atomic E-state index is 12.4. The molecule has 0 saturated heterocycles. The Kier molecular flexibility index (Phi) is 6.21. The summed E-state index contributed by atoms with van der Waals surface area (Å²) in [5.74, 6) is 0.442. The van der Waals surface area contributed by atoms with Crippen molar-refractivity contribution in [1.82, 2.24) is 25.1 Å². The summed E-state index contributed by atoms with van der Waals surface area (Å²) in [5, 5.41) is 9.34. The average Bonchev–Trinajstić information content (AvgIpc) is 3.14. The lowest BCUT2D eigenvalue weighted by atomic mass is 9.97. The molecule has 1 aromatic carbocycles. The highest BCUT2D eigenvalue weighted by Crippen LogP contribution is 2.26. The van der Waals surface area contributed by atoms with Crippen LogP contribution in [-0.2, 0) is 4.79 Å². The smallest absolute Gasteiger partial charge is 0.230 e. The average molecular weight is 396 g/mol. The summed E-state index contributed by atoms with van der Waals surface area (Å²) in [5.41, 5.74) is 1.71. The standard InChI is InChI=1S/C21H25N5OS/c27-19(25-16-9-5-2-1-3-6-10-16)14-28-21-18-13-24-26(20(18)22-15-23-21)17-11-7-4-8-12-17/h4,7-8,11-13,15-16H,1-3,5-6,9-10,14H2,(H,25,27). The molecule has 6 nitrogen and oxygen atoms in total. The lowest BCUT2D eigenvalue weighted by molar-refractivity contribution is -0.119. The molecule has 1 saturated carbocycles. The number of rotatable bonds is 5. The van der Waals surface area contributed by atoms with Crippen molar-refractivity contribution in [3.63, 3.8) is 0 Å². The monoisotopic (exact) mass is 395 g/mol. The van der Waals surface area contributed by atoms with E-state index in [1.54, 1.807) is 17.2 Å². The van der Waals surface area contributed by atoms with E-state index < -0.39 is 0 Å². The second kappa shape index (κ2) is 9.19. The van der Waals surface area contributed by atoms with E-state index in [1.165, 1.54) is 43.9 Å². The zero-order valence-corrected chi connectivity index (χ0v) is 16.7. The molecule has 1 aliphatic carbocycles. The van der Waals surface area contributed by atoms with Crippen LogP contribution in [0, 0.1) is 0 Å². The Balaban J connectivity index is 1.42. The minimum atomic E-state index is 0.0813. The summed E-state index contributed by atoms with van der Waals surface area (Å²) in [6.45, 7) is 0. The third kappa shape index (κ3) is 4.52. The van der Waals surface area contributed by atoms with Crippen LogP contribution in [0.1, 0.15) is 44.9 Å². The van der Waals surface area contributed by atoms with Gasteiger partial charge in [0.1, 0.15) is 11.4 Å². The van der Waals surface area contributed by atoms with Crippen molar-refractivity contribution in [2.45, 2.75) is 56.0 Å². The van der Waals surface area contributed by atoms with Gasteiger partial charge in [-0.15, -0.1) is 0 Å². The van der Waals surface area contributed by atoms with Crippen molar-refractivity contribution in [2.24, 2.45) is 0 Å². The number of nitrogens with zero attached hydrogens (tertiary/aromatic N) is 4. The van der Waals surface area contributed by atoms with Gasteiger partial charge in [0.05, 0.1) is 23.0 Å². The molecular formula is C21H25N5OS. The molecular weight excluding hydrogens is 370 g/mol. The van der Waals surface area contributed by atoms with E-state index in [0.717, 1.165) is 34.6 Å². The number of fused-ring (bicyclic) bond motifs is 1. The first-order chi connectivity index (χ1) is 13.8. The Morgan fingerprint density at radius 3 is 2.61 bits per heavy atom. The molecule has 1 fully saturated rings. The van der Waals surface area contributed by atoms with Crippen LogP contribution in [0.25, 0.3) is 16.7 Å². The number of benzene rings is 1. The molecule has 146 valence electrons. The van der Waals surface area contributed by atoms with Gasteiger partial charge in [-0.3, -0.25) is 4.79 Å². The number of carbonyl (C=O) groups excluding carboxylic acids is 1. The zero-order valence-electron chi connectivity index (χ0n) is 15.9. The fourth-order valence-corrected chi connectivity index (χ4v) is 4.47. The molecule has 2 heterocycles. The number of thioether (sulfide) groups is 1. The number of nitrogens with one attached hydrogen (secondary N) is 1. The molecule has 0 unspecified atom stereocenters. The summed E-state index contributed by atoms with van der Waals surface area (Å²) in [6, 6.07) is 10.2. The second-order valence-electron chi connectivity index (χ2n) is 7.21. The molecule has 0 aliphatic heterocycles. The first kappa shape index (κ1) is 18.9. The molecule has 28 heavy (non-hydrogen) atoms. The lowest BCUT2D eigenvalue weighted by Crippen LogP contribution is -2.36. The third-order valence-electron chi connectivity index (χ3n) is 5.14. The van der Waals surface area contributed by atoms with Gasteiger partial charge in [-0.2, -0.15) is 5.10 Å². The molecule has 1 aliphatic rings. The minimum Gasteiger partial charge on any atom is -0.353 e. The third-order valence-corrected chi connectivity index (χ3v) is 6.15. The van der Waals surface area contributed by atoms with Crippen molar-refractivity contribution in [3.05, 3.63) is 42.9 Å². The normalized spacial score (nSPS) is 15.9. The Labute approximate surface area is 169 Å². The number of carbonyl (C=O) groups is 1. The maximum Gasteiger partial charge on any atom is 0.230 e. The molecule has 7 heteroatoms. The number of hydrogen-bond acceptors (Lipinski definition) is 5. The molecule has 3 aromatic rings. The van der Waals surface area contributed by atoms with E-state index in [-0.39, 0.29) is 5.91 Å². The summed E-state index contributed by atoms with van der Waals surface area (Å²) in [6.07, 6.45) is 11.8. The van der Waals surface area contributed by atoms with Gasteiger partial charge >= 0.3 is 0 Å². The Morgan fingerprint density at radius 1 is 1.07 bits per heavy atom. The van der Waals surface area contributed by atoms with Crippen LogP contribution in [0.3, 0.4) is 0 Å². The predicted molar refractivity (Wildman–Crippen MR) is 112 cm³/mol. The van der Waals surface area contributed by atoms with Crippen LogP contribution in [0.5, 0.6) is 0 Å². The highest BCUT2D eigenvalue weighted by atomic mass is 32.2. The molecule has 0 spiro atoms. The van der Waals surface area contributed by atoms with Gasteiger partial charge < -0.3 is 5.32 Å². The van der Waals surface area contributed by atoms with Crippen LogP contribution in [-0.4, -0.2) is 37.5 Å². The van der Waals surface area contributed by atoms with E-state index in [1.807, 2.05) is 30.3 Å². The molecule has 0 atom stereocenters. The van der Waals surface area contributed by atoms with E-state index in [4.69, 9.17) is 0 Å². The summed E-state index contributed by atoms with van der Waals surface area (Å²) in [4.78, 5) is 21.2. The van der Waals surface area contributed by atoms with Crippen LogP contribution in [0.4, 0.5) is 0 Å². The van der Waals surface area contributed by atoms with Gasteiger partial charge in [0.2, 0.25) is 5.91 Å². The van der Waals surface area contributed by atoms with Crippen LogP contribution in [0.15, 0.2) is 47.9 Å². The van der Waals surface area contributed by atoms with Gasteiger partial charge in [0.25, 0.3) is 0 Å². The predicted octanol–water partition coefficient (Wildman–Crippen LogP) is 4.14. The van der Waals surface area contributed by atoms with E-state index in [0.29, 0.717) is 11.8 Å². The highest BCUT2D eigenvalue weighted by Gasteiger charge is 2.16. The van der Waals surface area contributed by atoms with Gasteiger partial charge in [0, 0.05) is 6.04 Å². The number of amides is 1. The van der Waals surface area contributed by atoms with E-state index >= 15 is 0 Å². The van der Waals surface area contributed by atoms with Crippen molar-refractivity contribution in [3.8, 4) is 5.69 Å². The van der Waals surface area contributed by atoms with E-state index in [2.05, 4.69) is 20.4 Å². The van der Waals surface area contributed by atoms with Crippen molar-refractivity contribution in [2.75, 3.05) is 5.75 Å².